The first-order valence-electron chi connectivity index (χ1n) is 6.89. The van der Waals surface area contributed by atoms with Gasteiger partial charge in [0, 0.05) is 6.08 Å². The lowest BCUT2D eigenvalue weighted by Gasteiger charge is -2.09. The fraction of sp³-hybridized carbons (Fsp3) is 0.688. The summed E-state index contributed by atoms with van der Waals surface area (Å²) in [5.41, 5.74) is 1.40. The van der Waals surface area contributed by atoms with Crippen molar-refractivity contribution in [2.24, 2.45) is 17.3 Å². The van der Waals surface area contributed by atoms with Gasteiger partial charge in [-0.15, -0.1) is 0 Å². The van der Waals surface area contributed by atoms with E-state index in [0.717, 1.165) is 17.9 Å². The average molecular weight is 250 g/mol. The summed E-state index contributed by atoms with van der Waals surface area (Å²) in [7, 11) is 0. The molecule has 18 heavy (non-hydrogen) atoms. The van der Waals surface area contributed by atoms with E-state index in [1.165, 1.54) is 25.3 Å². The molecule has 0 saturated heterocycles. The van der Waals surface area contributed by atoms with Gasteiger partial charge in [0.2, 0.25) is 0 Å². The van der Waals surface area contributed by atoms with Crippen LogP contribution in [-0.2, 0) is 4.79 Å². The van der Waals surface area contributed by atoms with E-state index >= 15 is 0 Å². The Balaban J connectivity index is 2.19. The van der Waals surface area contributed by atoms with Gasteiger partial charge in [0.25, 0.3) is 0 Å². The third kappa shape index (κ3) is 5.52. The maximum absolute atomic E-state index is 10.4. The second kappa shape index (κ2) is 6.21. The summed E-state index contributed by atoms with van der Waals surface area (Å²) in [4.78, 5) is 10.4. The van der Waals surface area contributed by atoms with Gasteiger partial charge in [0.15, 0.2) is 0 Å². The van der Waals surface area contributed by atoms with Gasteiger partial charge in [0.05, 0.1) is 0 Å². The third-order valence-corrected chi connectivity index (χ3v) is 4.00. The minimum Gasteiger partial charge on any atom is -0.478 e. The maximum atomic E-state index is 10.4. The molecule has 1 fully saturated rings. The van der Waals surface area contributed by atoms with E-state index in [1.54, 1.807) is 0 Å². The Bertz CT molecular complexity index is 350. The lowest BCUT2D eigenvalue weighted by Crippen LogP contribution is -1.96. The highest BCUT2D eigenvalue weighted by atomic mass is 16.4. The molecule has 102 valence electrons. The summed E-state index contributed by atoms with van der Waals surface area (Å²) in [6, 6.07) is 0. The minimum absolute atomic E-state index is 0.594. The molecule has 2 heteroatoms. The number of hydrogen-bond acceptors (Lipinski definition) is 1. The molecule has 1 N–H and O–H groups in total. The Morgan fingerprint density at radius 2 is 2.11 bits per heavy atom. The number of carboxylic acid groups (broad SMARTS) is 1. The quantitative estimate of drug-likeness (QED) is 0.536. The number of carboxylic acids is 1. The number of rotatable bonds is 7. The first kappa shape index (κ1) is 15.0. The molecule has 2 unspecified atom stereocenters. The summed E-state index contributed by atoms with van der Waals surface area (Å²) in [6.07, 6.45) is 10.3. The van der Waals surface area contributed by atoms with Crippen LogP contribution in [0.5, 0.6) is 0 Å². The number of carbonyl (C=O) groups is 1. The van der Waals surface area contributed by atoms with Crippen molar-refractivity contribution in [1.29, 1.82) is 0 Å². The van der Waals surface area contributed by atoms with E-state index in [-0.39, 0.29) is 0 Å². The molecule has 0 aromatic heterocycles. The Kier molecular flexibility index (Phi) is 5.18. The predicted octanol–water partition coefficient (Wildman–Crippen LogP) is 4.43. The van der Waals surface area contributed by atoms with Gasteiger partial charge in [0.1, 0.15) is 0 Å². The van der Waals surface area contributed by atoms with Crippen LogP contribution < -0.4 is 0 Å². The molecule has 1 aliphatic carbocycles. The largest absolute Gasteiger partial charge is 0.478 e. The lowest BCUT2D eigenvalue weighted by molar-refractivity contribution is -0.131. The first-order valence-corrected chi connectivity index (χ1v) is 6.89. The summed E-state index contributed by atoms with van der Waals surface area (Å²) in [5.74, 6) is 0.744. The first-order chi connectivity index (χ1) is 8.31. The van der Waals surface area contributed by atoms with Crippen LogP contribution >= 0.6 is 0 Å². The van der Waals surface area contributed by atoms with Crippen molar-refractivity contribution < 1.29 is 9.90 Å². The molecule has 0 aliphatic heterocycles. The van der Waals surface area contributed by atoms with Crippen LogP contribution in [0.15, 0.2) is 23.8 Å². The van der Waals surface area contributed by atoms with Crippen LogP contribution in [0.3, 0.4) is 0 Å². The molecular weight excluding hydrogens is 224 g/mol. The molecule has 1 saturated carbocycles. The molecule has 0 heterocycles. The van der Waals surface area contributed by atoms with Gasteiger partial charge in [-0.25, -0.2) is 4.79 Å². The zero-order valence-electron chi connectivity index (χ0n) is 12.1. The van der Waals surface area contributed by atoms with Crippen molar-refractivity contribution in [3.05, 3.63) is 23.8 Å². The Morgan fingerprint density at radius 3 is 2.61 bits per heavy atom. The molecule has 2 nitrogen and oxygen atoms in total. The smallest absolute Gasteiger partial charge is 0.328 e. The van der Waals surface area contributed by atoms with Gasteiger partial charge in [-0.2, -0.15) is 0 Å². The van der Waals surface area contributed by atoms with Crippen LogP contribution in [0, 0.1) is 17.3 Å². The minimum atomic E-state index is -0.874. The van der Waals surface area contributed by atoms with E-state index in [1.807, 2.05) is 13.0 Å². The van der Waals surface area contributed by atoms with E-state index < -0.39 is 5.97 Å². The monoisotopic (exact) mass is 250 g/mol. The summed E-state index contributed by atoms with van der Waals surface area (Å²) < 4.78 is 0. The average Bonchev–Trinajstić information content (AvgIpc) is 2.82. The van der Waals surface area contributed by atoms with Gasteiger partial charge >= 0.3 is 5.97 Å². The molecule has 0 bridgehead atoms. The normalized spacial score (nSPS) is 24.2. The summed E-state index contributed by atoms with van der Waals surface area (Å²) in [5, 5.41) is 8.58. The van der Waals surface area contributed by atoms with E-state index in [4.69, 9.17) is 5.11 Å². The van der Waals surface area contributed by atoms with E-state index in [2.05, 4.69) is 26.8 Å². The zero-order chi connectivity index (χ0) is 13.8. The molecule has 0 aromatic carbocycles. The van der Waals surface area contributed by atoms with Crippen LogP contribution in [0.2, 0.25) is 0 Å². The van der Waals surface area contributed by atoms with Crippen molar-refractivity contribution in [2.45, 2.75) is 53.4 Å². The standard InChI is InChI=1S/C16H26O2/c1-12(8-9-14-11-16(14,3)4)6-5-7-13(2)10-15(17)18/h5,7,10,12,14H,6,8-9,11H2,1-4H3,(H,17,18). The molecule has 0 spiro atoms. The SMILES string of the molecule is CC(C=CCC(C)CCC1CC1(C)C)=CC(=O)O. The van der Waals surface area contributed by atoms with Crippen LogP contribution in [-0.4, -0.2) is 11.1 Å². The molecule has 0 amide bonds. The highest BCUT2D eigenvalue weighted by Crippen LogP contribution is 2.54. The van der Waals surface area contributed by atoms with Crippen LogP contribution in [0.1, 0.15) is 53.4 Å². The van der Waals surface area contributed by atoms with Crippen molar-refractivity contribution in [1.82, 2.24) is 0 Å². The number of aliphatic carboxylic acids is 1. The van der Waals surface area contributed by atoms with Gasteiger partial charge in [-0.05, 0) is 49.0 Å². The van der Waals surface area contributed by atoms with Crippen LogP contribution in [0.4, 0.5) is 0 Å². The molecule has 2 atom stereocenters. The molecule has 1 rings (SSSR count). The zero-order valence-corrected chi connectivity index (χ0v) is 12.1. The van der Waals surface area contributed by atoms with E-state index in [0.29, 0.717) is 11.3 Å². The lowest BCUT2D eigenvalue weighted by atomic mass is 9.97. The molecule has 0 aromatic rings. The second-order valence-corrected chi connectivity index (χ2v) is 6.44. The van der Waals surface area contributed by atoms with E-state index in [9.17, 15) is 4.79 Å². The topological polar surface area (TPSA) is 37.3 Å². The van der Waals surface area contributed by atoms with Crippen molar-refractivity contribution in [3.8, 4) is 0 Å². The Morgan fingerprint density at radius 1 is 1.50 bits per heavy atom. The highest BCUT2D eigenvalue weighted by molar-refractivity contribution is 5.81. The summed E-state index contributed by atoms with van der Waals surface area (Å²) in [6.45, 7) is 8.79. The summed E-state index contributed by atoms with van der Waals surface area (Å²) >= 11 is 0. The Hall–Kier alpha value is -1.05. The predicted molar refractivity (Wildman–Crippen MR) is 75.4 cm³/mol. The number of allylic oxidation sites excluding steroid dienone is 3. The second-order valence-electron chi connectivity index (χ2n) is 6.44. The number of hydrogen-bond donors (Lipinski definition) is 1. The third-order valence-electron chi connectivity index (χ3n) is 4.00. The van der Waals surface area contributed by atoms with Gasteiger partial charge in [-0.1, -0.05) is 39.3 Å². The van der Waals surface area contributed by atoms with Gasteiger partial charge in [-0.3, -0.25) is 0 Å². The van der Waals surface area contributed by atoms with Crippen molar-refractivity contribution in [3.63, 3.8) is 0 Å². The molecule has 0 radical (unpaired) electrons. The van der Waals surface area contributed by atoms with Gasteiger partial charge < -0.3 is 5.11 Å². The fourth-order valence-corrected chi connectivity index (χ4v) is 2.40. The van der Waals surface area contributed by atoms with Crippen molar-refractivity contribution >= 4 is 5.97 Å². The molecule has 1 aliphatic rings. The van der Waals surface area contributed by atoms with Crippen molar-refractivity contribution in [2.75, 3.05) is 0 Å². The Labute approximate surface area is 111 Å². The maximum Gasteiger partial charge on any atom is 0.328 e. The highest BCUT2D eigenvalue weighted by Gasteiger charge is 2.44. The van der Waals surface area contributed by atoms with Crippen LogP contribution in [0.25, 0.3) is 0 Å². The fourth-order valence-electron chi connectivity index (χ4n) is 2.40. The molecular formula is C16H26O2.